The molecular weight excluding hydrogens is 398 g/mol. The number of aliphatic hydroxyl groups is 1. The maximum absolute atomic E-state index is 13.0. The monoisotopic (exact) mass is 423 g/mol. The SMILES string of the molecule is COCCN1C(=O)C(=O)C(=C(O)c2ccc3c(c2)CC(C)O3)C1c1cccc(OC)c1. The molecule has 0 spiro atoms. The molecule has 1 saturated heterocycles. The Kier molecular flexibility index (Phi) is 5.69. The van der Waals surface area contributed by atoms with Crippen molar-refractivity contribution in [3.63, 3.8) is 0 Å². The number of ether oxygens (including phenoxy) is 3. The summed E-state index contributed by atoms with van der Waals surface area (Å²) in [6.07, 6.45) is 0.779. The van der Waals surface area contributed by atoms with Crippen molar-refractivity contribution >= 4 is 17.4 Å². The van der Waals surface area contributed by atoms with Gasteiger partial charge in [0.05, 0.1) is 25.3 Å². The Morgan fingerprint density at radius 2 is 2.00 bits per heavy atom. The predicted octanol–water partition coefficient (Wildman–Crippen LogP) is 3.09. The van der Waals surface area contributed by atoms with Crippen molar-refractivity contribution in [1.29, 1.82) is 0 Å². The number of fused-ring (bicyclic) bond motifs is 1. The van der Waals surface area contributed by atoms with Crippen LogP contribution in [0.1, 0.15) is 29.7 Å². The zero-order chi connectivity index (χ0) is 22.1. The van der Waals surface area contributed by atoms with Crippen molar-refractivity contribution in [2.75, 3.05) is 27.4 Å². The summed E-state index contributed by atoms with van der Waals surface area (Å²) in [4.78, 5) is 27.3. The van der Waals surface area contributed by atoms with Gasteiger partial charge in [0.1, 0.15) is 23.4 Å². The Morgan fingerprint density at radius 1 is 1.19 bits per heavy atom. The number of methoxy groups -OCH3 is 2. The van der Waals surface area contributed by atoms with Crippen LogP contribution in [0, 0.1) is 0 Å². The van der Waals surface area contributed by atoms with Crippen LogP contribution >= 0.6 is 0 Å². The van der Waals surface area contributed by atoms with Crippen molar-refractivity contribution in [3.8, 4) is 11.5 Å². The molecule has 2 unspecified atom stereocenters. The minimum absolute atomic E-state index is 0.0567. The van der Waals surface area contributed by atoms with Crippen LogP contribution in [0.15, 0.2) is 48.0 Å². The highest BCUT2D eigenvalue weighted by Crippen LogP contribution is 2.41. The van der Waals surface area contributed by atoms with Crippen LogP contribution < -0.4 is 9.47 Å². The number of aliphatic hydroxyl groups excluding tert-OH is 1. The highest BCUT2D eigenvalue weighted by atomic mass is 16.5. The number of hydrogen-bond donors (Lipinski definition) is 1. The number of carbonyl (C=O) groups excluding carboxylic acids is 2. The molecule has 2 atom stereocenters. The summed E-state index contributed by atoms with van der Waals surface area (Å²) in [6.45, 7) is 2.46. The number of ketones is 1. The molecule has 31 heavy (non-hydrogen) atoms. The van der Waals surface area contributed by atoms with E-state index in [2.05, 4.69) is 0 Å². The fourth-order valence-corrected chi connectivity index (χ4v) is 4.18. The summed E-state index contributed by atoms with van der Waals surface area (Å²) in [5, 5.41) is 11.2. The molecule has 1 N–H and O–H groups in total. The van der Waals surface area contributed by atoms with Gasteiger partial charge in [0, 0.05) is 25.6 Å². The van der Waals surface area contributed by atoms with Crippen molar-refractivity contribution in [3.05, 3.63) is 64.7 Å². The fraction of sp³-hybridized carbons (Fsp3) is 0.333. The van der Waals surface area contributed by atoms with E-state index < -0.39 is 17.7 Å². The number of nitrogens with zero attached hydrogens (tertiary/aromatic N) is 1. The number of hydrogen-bond acceptors (Lipinski definition) is 6. The van der Waals surface area contributed by atoms with Crippen molar-refractivity contribution in [1.82, 2.24) is 4.90 Å². The average Bonchev–Trinajstić information content (AvgIpc) is 3.27. The number of carbonyl (C=O) groups is 2. The normalized spacial score (nSPS) is 21.8. The zero-order valence-corrected chi connectivity index (χ0v) is 17.8. The zero-order valence-electron chi connectivity index (χ0n) is 17.8. The Hall–Kier alpha value is -3.32. The van der Waals surface area contributed by atoms with Gasteiger partial charge >= 0.3 is 0 Å². The lowest BCUT2D eigenvalue weighted by atomic mass is 9.94. The lowest BCUT2D eigenvalue weighted by molar-refractivity contribution is -0.140. The number of benzene rings is 2. The van der Waals surface area contributed by atoms with E-state index in [-0.39, 0.29) is 30.6 Å². The highest BCUT2D eigenvalue weighted by Gasteiger charge is 2.46. The van der Waals surface area contributed by atoms with Gasteiger partial charge in [-0.1, -0.05) is 12.1 Å². The van der Waals surface area contributed by atoms with Crippen LogP contribution in [0.4, 0.5) is 0 Å². The van der Waals surface area contributed by atoms with E-state index in [0.717, 1.165) is 17.7 Å². The first kappa shape index (κ1) is 20.9. The lowest BCUT2D eigenvalue weighted by Gasteiger charge is -2.25. The fourth-order valence-electron chi connectivity index (χ4n) is 4.18. The minimum Gasteiger partial charge on any atom is -0.507 e. The smallest absolute Gasteiger partial charge is 0.295 e. The van der Waals surface area contributed by atoms with Crippen LogP contribution in [-0.2, 0) is 20.7 Å². The van der Waals surface area contributed by atoms with Crippen LogP contribution in [0.2, 0.25) is 0 Å². The number of amides is 1. The Bertz CT molecular complexity index is 1060. The molecule has 2 aromatic rings. The van der Waals surface area contributed by atoms with E-state index in [9.17, 15) is 14.7 Å². The van der Waals surface area contributed by atoms with Gasteiger partial charge in [-0.15, -0.1) is 0 Å². The Balaban J connectivity index is 1.83. The quantitative estimate of drug-likeness (QED) is 0.437. The van der Waals surface area contributed by atoms with Crippen LogP contribution in [0.5, 0.6) is 11.5 Å². The molecule has 2 heterocycles. The van der Waals surface area contributed by atoms with Gasteiger partial charge in [-0.2, -0.15) is 0 Å². The molecule has 2 aliphatic rings. The molecule has 0 aromatic heterocycles. The summed E-state index contributed by atoms with van der Waals surface area (Å²) in [7, 11) is 3.08. The second kappa shape index (κ2) is 8.43. The Labute approximate surface area is 180 Å². The van der Waals surface area contributed by atoms with E-state index in [1.54, 1.807) is 37.4 Å². The van der Waals surface area contributed by atoms with Gasteiger partial charge in [-0.25, -0.2) is 0 Å². The number of likely N-dealkylation sites (tertiary alicyclic amines) is 1. The summed E-state index contributed by atoms with van der Waals surface area (Å²) >= 11 is 0. The summed E-state index contributed by atoms with van der Waals surface area (Å²) in [6, 6.07) is 11.7. The third-order valence-corrected chi connectivity index (χ3v) is 5.66. The van der Waals surface area contributed by atoms with E-state index >= 15 is 0 Å². The highest BCUT2D eigenvalue weighted by molar-refractivity contribution is 6.46. The van der Waals surface area contributed by atoms with Gasteiger partial charge in [-0.05, 0) is 48.4 Å². The standard InChI is InChI=1S/C24H25NO6/c1-14-11-17-12-16(7-8-19(17)31-14)22(26)20-21(15-5-4-6-18(13-15)30-3)25(9-10-29-2)24(28)23(20)27/h4-8,12-14,21,26H,9-11H2,1-3H3. The van der Waals surface area contributed by atoms with Crippen molar-refractivity contribution in [2.24, 2.45) is 0 Å². The maximum Gasteiger partial charge on any atom is 0.295 e. The largest absolute Gasteiger partial charge is 0.507 e. The third-order valence-electron chi connectivity index (χ3n) is 5.66. The summed E-state index contributed by atoms with van der Waals surface area (Å²) < 4.78 is 16.2. The van der Waals surface area contributed by atoms with Crippen LogP contribution in [-0.4, -0.2) is 55.2 Å². The summed E-state index contributed by atoms with van der Waals surface area (Å²) in [5.41, 5.74) is 2.17. The van der Waals surface area contributed by atoms with E-state index in [1.807, 2.05) is 19.1 Å². The first-order valence-corrected chi connectivity index (χ1v) is 10.2. The first-order valence-electron chi connectivity index (χ1n) is 10.2. The molecule has 0 radical (unpaired) electrons. The molecule has 0 saturated carbocycles. The third kappa shape index (κ3) is 3.77. The maximum atomic E-state index is 13.0. The van der Waals surface area contributed by atoms with Crippen LogP contribution in [0.25, 0.3) is 5.76 Å². The molecule has 7 nitrogen and oxygen atoms in total. The molecule has 0 aliphatic carbocycles. The van der Waals surface area contributed by atoms with Gasteiger partial charge in [0.15, 0.2) is 0 Å². The molecule has 2 aromatic carbocycles. The topological polar surface area (TPSA) is 85.3 Å². The van der Waals surface area contributed by atoms with Gasteiger partial charge in [0.25, 0.3) is 11.7 Å². The molecule has 1 amide bonds. The molecular formula is C24H25NO6. The molecule has 0 bridgehead atoms. The van der Waals surface area contributed by atoms with Crippen molar-refractivity contribution in [2.45, 2.75) is 25.5 Å². The molecule has 4 rings (SSSR count). The molecule has 2 aliphatic heterocycles. The lowest BCUT2D eigenvalue weighted by Crippen LogP contribution is -2.32. The minimum atomic E-state index is -0.742. The molecule has 162 valence electrons. The van der Waals surface area contributed by atoms with Gasteiger partial charge in [0.2, 0.25) is 0 Å². The average molecular weight is 423 g/mol. The number of rotatable bonds is 6. The summed E-state index contributed by atoms with van der Waals surface area (Å²) in [5.74, 6) is -0.211. The number of Topliss-reactive ketones (excluding diaryl/α,β-unsaturated/α-hetero) is 1. The van der Waals surface area contributed by atoms with E-state index in [4.69, 9.17) is 14.2 Å². The first-order chi connectivity index (χ1) is 14.9. The molecule has 1 fully saturated rings. The predicted molar refractivity (Wildman–Crippen MR) is 114 cm³/mol. The Morgan fingerprint density at radius 3 is 2.74 bits per heavy atom. The molecule has 7 heteroatoms. The van der Waals surface area contributed by atoms with Crippen LogP contribution in [0.3, 0.4) is 0 Å². The van der Waals surface area contributed by atoms with Gasteiger partial charge < -0.3 is 24.2 Å². The van der Waals surface area contributed by atoms with E-state index in [1.165, 1.54) is 12.0 Å². The second-order valence-electron chi connectivity index (χ2n) is 7.72. The second-order valence-corrected chi connectivity index (χ2v) is 7.72. The van der Waals surface area contributed by atoms with Crippen molar-refractivity contribution < 1.29 is 28.9 Å². The van der Waals surface area contributed by atoms with E-state index in [0.29, 0.717) is 16.9 Å². The van der Waals surface area contributed by atoms with Gasteiger partial charge in [-0.3, -0.25) is 9.59 Å².